The van der Waals surface area contributed by atoms with Crippen molar-refractivity contribution in [2.75, 3.05) is 10.7 Å². The molecule has 0 radical (unpaired) electrons. The van der Waals surface area contributed by atoms with Gasteiger partial charge in [0.15, 0.2) is 0 Å². The Hall–Kier alpha value is -2.94. The van der Waals surface area contributed by atoms with Crippen LogP contribution >= 0.6 is 0 Å². The van der Waals surface area contributed by atoms with Gasteiger partial charge < -0.3 is 9.95 Å². The topological polar surface area (TPSA) is 136 Å². The van der Waals surface area contributed by atoms with Crippen LogP contribution in [-0.4, -0.2) is 16.0 Å². The Kier molecular flexibility index (Phi) is 3.62. The minimum absolute atomic E-state index is 0.0238. The summed E-state index contributed by atoms with van der Waals surface area (Å²) in [5.74, 6) is 4.80. The van der Waals surface area contributed by atoms with E-state index < -0.39 is 10.8 Å². The van der Waals surface area contributed by atoms with Crippen LogP contribution in [0, 0.1) is 17.0 Å². The monoisotopic (exact) mass is 277 g/mol. The van der Waals surface area contributed by atoms with E-state index in [2.05, 4.69) is 15.9 Å². The van der Waals surface area contributed by atoms with Crippen LogP contribution in [0.3, 0.4) is 0 Å². The second-order valence-corrected chi connectivity index (χ2v) is 3.89. The number of rotatable bonds is 4. The lowest BCUT2D eigenvalue weighted by atomic mass is 10.1. The maximum Gasteiger partial charge on any atom is 0.294 e. The molecule has 104 valence electrons. The first-order chi connectivity index (χ1) is 9.52. The highest BCUT2D eigenvalue weighted by atomic mass is 16.6. The molecule has 0 aliphatic carbocycles. The van der Waals surface area contributed by atoms with Crippen LogP contribution in [0.25, 0.3) is 0 Å². The molecule has 9 nitrogen and oxygen atoms in total. The number of carbonyl (C=O) groups excluding carboxylic acids is 1. The molecule has 1 aromatic carbocycles. The fourth-order valence-corrected chi connectivity index (χ4v) is 1.63. The highest BCUT2D eigenvalue weighted by Crippen LogP contribution is 2.28. The summed E-state index contributed by atoms with van der Waals surface area (Å²) in [7, 11) is 0. The molecular formula is C11H11N5O4. The van der Waals surface area contributed by atoms with Gasteiger partial charge >= 0.3 is 0 Å². The highest BCUT2D eigenvalue weighted by Gasteiger charge is 2.21. The van der Waals surface area contributed by atoms with Crippen LogP contribution in [-0.2, 0) is 0 Å². The number of anilines is 2. The molecule has 2 rings (SSSR count). The molecule has 0 saturated carbocycles. The number of hydrogen-bond donors (Lipinski definition) is 3. The minimum Gasteiger partial charge on any atom is -0.338 e. The second kappa shape index (κ2) is 5.36. The predicted molar refractivity (Wildman–Crippen MR) is 70.1 cm³/mol. The summed E-state index contributed by atoms with van der Waals surface area (Å²) in [6, 6.07) is 5.55. The van der Waals surface area contributed by atoms with Gasteiger partial charge in [0.2, 0.25) is 5.88 Å². The fourth-order valence-electron chi connectivity index (χ4n) is 1.63. The molecule has 20 heavy (non-hydrogen) atoms. The normalized spacial score (nSPS) is 10.1. The highest BCUT2D eigenvalue weighted by molar-refractivity contribution is 6.08. The van der Waals surface area contributed by atoms with Gasteiger partial charge in [-0.05, 0) is 13.0 Å². The van der Waals surface area contributed by atoms with E-state index >= 15 is 0 Å². The Morgan fingerprint density at radius 3 is 2.80 bits per heavy atom. The van der Waals surface area contributed by atoms with E-state index in [0.29, 0.717) is 5.69 Å². The average Bonchev–Trinajstić information content (AvgIpc) is 2.82. The van der Waals surface area contributed by atoms with Crippen molar-refractivity contribution in [2.45, 2.75) is 6.92 Å². The van der Waals surface area contributed by atoms with Crippen LogP contribution < -0.4 is 16.6 Å². The first-order valence-corrected chi connectivity index (χ1v) is 5.51. The number of nitro groups is 1. The van der Waals surface area contributed by atoms with Crippen LogP contribution in [0.15, 0.2) is 28.8 Å². The van der Waals surface area contributed by atoms with Crippen molar-refractivity contribution in [3.63, 3.8) is 0 Å². The Balaban J connectivity index is 2.34. The van der Waals surface area contributed by atoms with Gasteiger partial charge in [-0.25, -0.2) is 0 Å². The van der Waals surface area contributed by atoms with Crippen LogP contribution in [0.1, 0.15) is 16.1 Å². The maximum atomic E-state index is 12.1. The molecule has 9 heteroatoms. The number of hydrogen-bond acceptors (Lipinski definition) is 7. The summed E-state index contributed by atoms with van der Waals surface area (Å²) >= 11 is 0. The van der Waals surface area contributed by atoms with Crippen molar-refractivity contribution in [3.05, 3.63) is 45.6 Å². The third-order valence-corrected chi connectivity index (χ3v) is 2.49. The van der Waals surface area contributed by atoms with Crippen LogP contribution in [0.2, 0.25) is 0 Å². The number of aromatic nitrogens is 1. The Morgan fingerprint density at radius 2 is 2.25 bits per heavy atom. The van der Waals surface area contributed by atoms with Gasteiger partial charge in [0, 0.05) is 12.1 Å². The number of nitro benzene ring substituents is 1. The molecule has 0 unspecified atom stereocenters. The van der Waals surface area contributed by atoms with Crippen molar-refractivity contribution in [3.8, 4) is 0 Å². The zero-order chi connectivity index (χ0) is 14.7. The first-order valence-electron chi connectivity index (χ1n) is 5.51. The Morgan fingerprint density at radius 1 is 1.50 bits per heavy atom. The van der Waals surface area contributed by atoms with Crippen molar-refractivity contribution in [1.29, 1.82) is 0 Å². The molecule has 0 fully saturated rings. The predicted octanol–water partition coefficient (Wildman–Crippen LogP) is 1.43. The molecule has 0 saturated heterocycles. The standard InChI is InChI=1S/C11H11N5O4/c1-6-5-9(20-15-6)13-11(17)7-3-2-4-8(16(18)19)10(7)14-12/h2-5,14H,12H2,1H3,(H,13,17). The van der Waals surface area contributed by atoms with E-state index in [1.165, 1.54) is 24.3 Å². The zero-order valence-electron chi connectivity index (χ0n) is 10.4. The second-order valence-electron chi connectivity index (χ2n) is 3.89. The number of aryl methyl sites for hydroxylation is 1. The van der Waals surface area contributed by atoms with Crippen molar-refractivity contribution in [1.82, 2.24) is 5.16 Å². The van der Waals surface area contributed by atoms with E-state index in [9.17, 15) is 14.9 Å². The summed E-state index contributed by atoms with van der Waals surface area (Å²) in [6.07, 6.45) is 0. The van der Waals surface area contributed by atoms with Crippen LogP contribution in [0.4, 0.5) is 17.3 Å². The minimum atomic E-state index is -0.634. The number of nitrogen functional groups attached to an aromatic ring is 1. The van der Waals surface area contributed by atoms with Gasteiger partial charge in [-0.2, -0.15) is 0 Å². The Labute approximate surface area is 112 Å². The summed E-state index contributed by atoms with van der Waals surface area (Å²) in [5, 5.41) is 16.9. The Bertz CT molecular complexity index is 667. The number of hydrazine groups is 1. The number of carbonyl (C=O) groups is 1. The van der Waals surface area contributed by atoms with Gasteiger partial charge in [-0.1, -0.05) is 11.2 Å². The molecule has 0 aliphatic rings. The smallest absolute Gasteiger partial charge is 0.294 e. The lowest BCUT2D eigenvalue weighted by molar-refractivity contribution is -0.384. The molecule has 4 N–H and O–H groups in total. The van der Waals surface area contributed by atoms with Gasteiger partial charge in [-0.15, -0.1) is 0 Å². The largest absolute Gasteiger partial charge is 0.338 e. The van der Waals surface area contributed by atoms with Gasteiger partial charge in [0.05, 0.1) is 16.2 Å². The molecule has 0 atom stereocenters. The summed E-state index contributed by atoms with van der Waals surface area (Å²) in [5.41, 5.74) is 2.41. The molecule has 1 aromatic heterocycles. The number of nitrogens with two attached hydrogens (primary N) is 1. The summed E-state index contributed by atoms with van der Waals surface area (Å²) < 4.78 is 4.84. The van der Waals surface area contributed by atoms with E-state index in [1.54, 1.807) is 6.92 Å². The van der Waals surface area contributed by atoms with Crippen LogP contribution in [0.5, 0.6) is 0 Å². The number of para-hydroxylation sites is 1. The number of amides is 1. The van der Waals surface area contributed by atoms with Gasteiger partial charge in [-0.3, -0.25) is 26.1 Å². The summed E-state index contributed by atoms with van der Waals surface area (Å²) in [6.45, 7) is 1.69. The van der Waals surface area contributed by atoms with Gasteiger partial charge in [0.25, 0.3) is 11.6 Å². The van der Waals surface area contributed by atoms with E-state index in [-0.39, 0.29) is 22.8 Å². The number of nitrogens with one attached hydrogen (secondary N) is 2. The average molecular weight is 277 g/mol. The molecule has 1 amide bonds. The van der Waals surface area contributed by atoms with E-state index in [4.69, 9.17) is 10.4 Å². The quantitative estimate of drug-likeness (QED) is 0.436. The van der Waals surface area contributed by atoms with Crippen molar-refractivity contribution < 1.29 is 14.2 Å². The van der Waals surface area contributed by atoms with Crippen molar-refractivity contribution in [2.24, 2.45) is 5.84 Å². The molecule has 2 aromatic rings. The third kappa shape index (κ3) is 2.57. The maximum absolute atomic E-state index is 12.1. The lowest BCUT2D eigenvalue weighted by Gasteiger charge is -2.08. The SMILES string of the molecule is Cc1cc(NC(=O)c2cccc([N+](=O)[O-])c2NN)on1. The zero-order valence-corrected chi connectivity index (χ0v) is 10.4. The molecular weight excluding hydrogens is 266 g/mol. The molecule has 0 spiro atoms. The lowest BCUT2D eigenvalue weighted by Crippen LogP contribution is -2.18. The molecule has 1 heterocycles. The van der Waals surface area contributed by atoms with Crippen molar-refractivity contribution >= 4 is 23.2 Å². The third-order valence-electron chi connectivity index (χ3n) is 2.49. The summed E-state index contributed by atoms with van der Waals surface area (Å²) in [4.78, 5) is 22.3. The van der Waals surface area contributed by atoms with E-state index in [0.717, 1.165) is 0 Å². The van der Waals surface area contributed by atoms with Gasteiger partial charge in [0.1, 0.15) is 5.69 Å². The number of nitrogens with zero attached hydrogens (tertiary/aromatic N) is 2. The first kappa shape index (κ1) is 13.5. The fraction of sp³-hybridized carbons (Fsp3) is 0.0909. The van der Waals surface area contributed by atoms with E-state index in [1.807, 2.05) is 0 Å². The molecule has 0 aliphatic heterocycles. The number of benzene rings is 1. The molecule has 0 bridgehead atoms.